The predicted octanol–water partition coefficient (Wildman–Crippen LogP) is -1.13. The van der Waals surface area contributed by atoms with Gasteiger partial charge in [0.15, 0.2) is 0 Å². The third kappa shape index (κ3) is 2.91. The van der Waals surface area contributed by atoms with Crippen molar-refractivity contribution in [2.45, 2.75) is 6.04 Å². The quantitative estimate of drug-likeness (QED) is 0.637. The van der Waals surface area contributed by atoms with Gasteiger partial charge in [-0.05, 0) is 0 Å². The standard InChI is InChI=1S/C7H16N2O3S/c1-12-6-7-5-8-3-4-9(7)13(2,10)11/h7-8H,3-6H2,1-2H3. The first-order valence-electron chi connectivity index (χ1n) is 4.22. The number of hydrogen-bond donors (Lipinski definition) is 1. The predicted molar refractivity (Wildman–Crippen MR) is 50.1 cm³/mol. The van der Waals surface area contributed by atoms with Crippen LogP contribution in [0.4, 0.5) is 0 Å². The highest BCUT2D eigenvalue weighted by Gasteiger charge is 2.28. The SMILES string of the molecule is COCC1CNCCN1S(C)(=O)=O. The average molecular weight is 208 g/mol. The van der Waals surface area contributed by atoms with E-state index in [0.29, 0.717) is 26.2 Å². The van der Waals surface area contributed by atoms with E-state index in [1.54, 1.807) is 7.11 Å². The lowest BCUT2D eigenvalue weighted by molar-refractivity contribution is 0.120. The van der Waals surface area contributed by atoms with Gasteiger partial charge in [0.05, 0.1) is 18.9 Å². The highest BCUT2D eigenvalue weighted by molar-refractivity contribution is 7.88. The Kier molecular flexibility index (Phi) is 3.66. The third-order valence-corrected chi connectivity index (χ3v) is 3.41. The molecule has 1 aliphatic rings. The Labute approximate surface area is 79.1 Å². The fraction of sp³-hybridized carbons (Fsp3) is 1.00. The number of sulfonamides is 1. The number of hydrogen-bond acceptors (Lipinski definition) is 4. The molecule has 6 heteroatoms. The lowest BCUT2D eigenvalue weighted by Crippen LogP contribution is -2.54. The van der Waals surface area contributed by atoms with Crippen molar-refractivity contribution in [3.8, 4) is 0 Å². The van der Waals surface area contributed by atoms with Crippen LogP contribution in [0.15, 0.2) is 0 Å². The van der Waals surface area contributed by atoms with E-state index in [1.807, 2.05) is 0 Å². The van der Waals surface area contributed by atoms with Crippen LogP contribution in [0.1, 0.15) is 0 Å². The normalized spacial score (nSPS) is 26.2. The van der Waals surface area contributed by atoms with Gasteiger partial charge < -0.3 is 10.1 Å². The molecule has 1 N–H and O–H groups in total. The van der Waals surface area contributed by atoms with Gasteiger partial charge in [0.1, 0.15) is 0 Å². The highest BCUT2D eigenvalue weighted by Crippen LogP contribution is 2.08. The Balaban J connectivity index is 2.67. The first kappa shape index (κ1) is 10.9. The van der Waals surface area contributed by atoms with Crippen LogP contribution in [-0.2, 0) is 14.8 Å². The second kappa shape index (κ2) is 4.36. The highest BCUT2D eigenvalue weighted by atomic mass is 32.2. The van der Waals surface area contributed by atoms with Crippen molar-refractivity contribution in [2.75, 3.05) is 39.6 Å². The molecule has 1 fully saturated rings. The molecule has 0 bridgehead atoms. The maximum Gasteiger partial charge on any atom is 0.211 e. The van der Waals surface area contributed by atoms with E-state index in [4.69, 9.17) is 4.74 Å². The molecule has 1 atom stereocenters. The third-order valence-electron chi connectivity index (χ3n) is 2.08. The summed E-state index contributed by atoms with van der Waals surface area (Å²) in [5.74, 6) is 0. The van der Waals surface area contributed by atoms with Crippen molar-refractivity contribution in [3.05, 3.63) is 0 Å². The number of methoxy groups -OCH3 is 1. The molecule has 5 nitrogen and oxygen atoms in total. The van der Waals surface area contributed by atoms with E-state index in [-0.39, 0.29) is 6.04 Å². The summed E-state index contributed by atoms with van der Waals surface area (Å²) in [6, 6.07) is -0.0613. The van der Waals surface area contributed by atoms with Crippen molar-refractivity contribution in [1.82, 2.24) is 9.62 Å². The van der Waals surface area contributed by atoms with Crippen molar-refractivity contribution in [3.63, 3.8) is 0 Å². The van der Waals surface area contributed by atoms with E-state index in [2.05, 4.69) is 5.32 Å². The summed E-state index contributed by atoms with van der Waals surface area (Å²) in [5, 5.41) is 3.14. The summed E-state index contributed by atoms with van der Waals surface area (Å²) in [6.45, 7) is 2.36. The maximum absolute atomic E-state index is 11.3. The lowest BCUT2D eigenvalue weighted by Gasteiger charge is -2.33. The van der Waals surface area contributed by atoms with Gasteiger partial charge in [-0.2, -0.15) is 4.31 Å². The minimum atomic E-state index is -3.08. The first-order valence-corrected chi connectivity index (χ1v) is 6.07. The molecule has 13 heavy (non-hydrogen) atoms. The van der Waals surface area contributed by atoms with Crippen molar-refractivity contribution in [1.29, 1.82) is 0 Å². The molecule has 0 aromatic carbocycles. The van der Waals surface area contributed by atoms with Crippen LogP contribution in [0.5, 0.6) is 0 Å². The molecular formula is C7H16N2O3S. The summed E-state index contributed by atoms with van der Waals surface area (Å²) < 4.78 is 29.1. The Hall–Kier alpha value is -0.170. The fourth-order valence-corrected chi connectivity index (χ4v) is 2.61. The van der Waals surface area contributed by atoms with Gasteiger partial charge >= 0.3 is 0 Å². The largest absolute Gasteiger partial charge is 0.383 e. The summed E-state index contributed by atoms with van der Waals surface area (Å²) in [4.78, 5) is 0. The van der Waals surface area contributed by atoms with Crippen LogP contribution < -0.4 is 5.32 Å². The van der Waals surface area contributed by atoms with Gasteiger partial charge in [-0.1, -0.05) is 0 Å². The molecule has 1 unspecified atom stereocenters. The number of nitrogens with zero attached hydrogens (tertiary/aromatic N) is 1. The van der Waals surface area contributed by atoms with Crippen LogP contribution in [0.2, 0.25) is 0 Å². The van der Waals surface area contributed by atoms with E-state index in [0.717, 1.165) is 0 Å². The summed E-state index contributed by atoms with van der Waals surface area (Å²) in [5.41, 5.74) is 0. The number of ether oxygens (including phenoxy) is 1. The smallest absolute Gasteiger partial charge is 0.211 e. The van der Waals surface area contributed by atoms with Crippen LogP contribution in [0, 0.1) is 0 Å². The minimum Gasteiger partial charge on any atom is -0.383 e. The Morgan fingerprint density at radius 1 is 1.62 bits per heavy atom. The van der Waals surface area contributed by atoms with Gasteiger partial charge in [0, 0.05) is 26.7 Å². The molecule has 1 heterocycles. The number of rotatable bonds is 3. The molecule has 78 valence electrons. The van der Waals surface area contributed by atoms with E-state index < -0.39 is 10.0 Å². The molecule has 0 saturated carbocycles. The molecule has 1 rings (SSSR count). The fourth-order valence-electron chi connectivity index (χ4n) is 1.51. The second-order valence-electron chi connectivity index (χ2n) is 3.19. The number of nitrogens with one attached hydrogen (secondary N) is 1. The van der Waals surface area contributed by atoms with Gasteiger partial charge in [-0.25, -0.2) is 8.42 Å². The lowest BCUT2D eigenvalue weighted by atomic mass is 10.2. The van der Waals surface area contributed by atoms with Gasteiger partial charge in [0.2, 0.25) is 10.0 Å². The molecule has 0 aromatic heterocycles. The molecule has 0 aliphatic carbocycles. The molecule has 1 saturated heterocycles. The summed E-state index contributed by atoms with van der Waals surface area (Å²) in [7, 11) is -1.51. The average Bonchev–Trinajstić information content (AvgIpc) is 2.04. The second-order valence-corrected chi connectivity index (χ2v) is 5.12. The van der Waals surface area contributed by atoms with Gasteiger partial charge in [-0.3, -0.25) is 0 Å². The van der Waals surface area contributed by atoms with E-state index in [9.17, 15) is 8.42 Å². The monoisotopic (exact) mass is 208 g/mol. The van der Waals surface area contributed by atoms with Crippen molar-refractivity contribution in [2.24, 2.45) is 0 Å². The van der Waals surface area contributed by atoms with Crippen LogP contribution in [-0.4, -0.2) is 58.4 Å². The van der Waals surface area contributed by atoms with Crippen LogP contribution >= 0.6 is 0 Å². The Morgan fingerprint density at radius 3 is 2.85 bits per heavy atom. The maximum atomic E-state index is 11.3. The van der Waals surface area contributed by atoms with E-state index >= 15 is 0 Å². The zero-order chi connectivity index (χ0) is 9.90. The zero-order valence-electron chi connectivity index (χ0n) is 7.99. The molecule has 0 aromatic rings. The van der Waals surface area contributed by atoms with E-state index in [1.165, 1.54) is 10.6 Å². The zero-order valence-corrected chi connectivity index (χ0v) is 8.80. The molecular weight excluding hydrogens is 192 g/mol. The molecule has 1 aliphatic heterocycles. The van der Waals surface area contributed by atoms with Crippen molar-refractivity contribution >= 4 is 10.0 Å². The van der Waals surface area contributed by atoms with Crippen molar-refractivity contribution < 1.29 is 13.2 Å². The van der Waals surface area contributed by atoms with Crippen LogP contribution in [0.25, 0.3) is 0 Å². The number of piperazine rings is 1. The molecule has 0 spiro atoms. The summed E-state index contributed by atoms with van der Waals surface area (Å²) in [6.07, 6.45) is 1.24. The Morgan fingerprint density at radius 2 is 2.31 bits per heavy atom. The van der Waals surface area contributed by atoms with Gasteiger partial charge in [-0.15, -0.1) is 0 Å². The molecule has 0 radical (unpaired) electrons. The Bertz CT molecular complexity index is 250. The van der Waals surface area contributed by atoms with Gasteiger partial charge in [0.25, 0.3) is 0 Å². The first-order chi connectivity index (χ1) is 6.05. The van der Waals surface area contributed by atoms with Crippen LogP contribution in [0.3, 0.4) is 0 Å². The minimum absolute atomic E-state index is 0.0613. The molecule has 0 amide bonds. The topological polar surface area (TPSA) is 58.6 Å². The summed E-state index contributed by atoms with van der Waals surface area (Å²) >= 11 is 0.